The predicted octanol–water partition coefficient (Wildman–Crippen LogP) is 3.89. The highest BCUT2D eigenvalue weighted by molar-refractivity contribution is 5.66. The highest BCUT2D eigenvalue weighted by atomic mass is 16.5. The van der Waals surface area contributed by atoms with E-state index in [4.69, 9.17) is 9.84 Å². The van der Waals surface area contributed by atoms with E-state index in [1.165, 1.54) is 0 Å². The molecule has 0 unspecified atom stereocenters. The smallest absolute Gasteiger partial charge is 0.303 e. The van der Waals surface area contributed by atoms with E-state index in [9.17, 15) is 15.0 Å². The predicted molar refractivity (Wildman–Crippen MR) is 117 cm³/mol. The number of hydrogen-bond donors (Lipinski definition) is 3. The Morgan fingerprint density at radius 3 is 2.83 bits per heavy atom. The van der Waals surface area contributed by atoms with Crippen LogP contribution in [0.1, 0.15) is 57.1 Å². The number of ether oxygens (including phenoxy) is 1. The zero-order valence-electron chi connectivity index (χ0n) is 18.2. The molecule has 0 aliphatic heterocycles. The van der Waals surface area contributed by atoms with Crippen molar-refractivity contribution < 1.29 is 24.9 Å². The van der Waals surface area contributed by atoms with Gasteiger partial charge in [-0.1, -0.05) is 37.3 Å². The molecule has 5 heteroatoms. The van der Waals surface area contributed by atoms with Crippen LogP contribution in [0.4, 0.5) is 0 Å². The Kier molecular flexibility index (Phi) is 9.42. The third-order valence-corrected chi connectivity index (χ3v) is 5.69. The van der Waals surface area contributed by atoms with Crippen LogP contribution >= 0.6 is 0 Å². The summed E-state index contributed by atoms with van der Waals surface area (Å²) in [4.78, 5) is 10.8. The maximum Gasteiger partial charge on any atom is 0.303 e. The van der Waals surface area contributed by atoms with Crippen LogP contribution in [0.2, 0.25) is 0 Å². The van der Waals surface area contributed by atoms with Crippen molar-refractivity contribution in [1.29, 1.82) is 0 Å². The molecule has 0 spiro atoms. The normalized spacial score (nSPS) is 23.0. The van der Waals surface area contributed by atoms with Gasteiger partial charge in [0.05, 0.1) is 12.2 Å². The van der Waals surface area contributed by atoms with Gasteiger partial charge in [0.1, 0.15) is 11.9 Å². The average Bonchev–Trinajstić information content (AvgIpc) is 3.05. The Labute approximate surface area is 179 Å². The molecule has 0 heterocycles. The van der Waals surface area contributed by atoms with Gasteiger partial charge < -0.3 is 20.1 Å². The Morgan fingerprint density at radius 2 is 2.13 bits per heavy atom. The Balaban J connectivity index is 1.98. The van der Waals surface area contributed by atoms with Crippen LogP contribution < -0.4 is 4.74 Å². The van der Waals surface area contributed by atoms with E-state index in [2.05, 4.69) is 11.8 Å². The number of aliphatic hydroxyl groups excluding tert-OH is 2. The molecule has 5 atom stereocenters. The highest BCUT2D eigenvalue weighted by Gasteiger charge is 2.33. The molecule has 0 radical (unpaired) electrons. The lowest BCUT2D eigenvalue weighted by molar-refractivity contribution is -0.137. The van der Waals surface area contributed by atoms with Gasteiger partial charge >= 0.3 is 5.97 Å². The Bertz CT molecular complexity index is 788. The van der Waals surface area contributed by atoms with Crippen molar-refractivity contribution >= 4 is 5.97 Å². The first-order valence-electron chi connectivity index (χ1n) is 10.7. The van der Waals surface area contributed by atoms with Gasteiger partial charge in [0, 0.05) is 25.2 Å². The van der Waals surface area contributed by atoms with Gasteiger partial charge in [-0.2, -0.15) is 0 Å². The number of carboxylic acids is 1. The number of benzene rings is 1. The summed E-state index contributed by atoms with van der Waals surface area (Å²) in [6.07, 6.45) is 5.64. The van der Waals surface area contributed by atoms with Gasteiger partial charge in [0.15, 0.2) is 0 Å². The largest absolute Gasteiger partial charge is 0.490 e. The lowest BCUT2D eigenvalue weighted by atomic mass is 9.98. The second-order valence-corrected chi connectivity index (χ2v) is 8.24. The molecule has 1 aliphatic carbocycles. The number of aryl methyl sites for hydroxylation is 2. The van der Waals surface area contributed by atoms with Crippen LogP contribution in [0.3, 0.4) is 0 Å². The maximum absolute atomic E-state index is 10.8. The van der Waals surface area contributed by atoms with Crippen molar-refractivity contribution in [2.24, 2.45) is 11.8 Å². The summed E-state index contributed by atoms with van der Waals surface area (Å²) in [6.45, 7) is 5.73. The number of aliphatic hydroxyl groups is 2. The minimum absolute atomic E-state index is 0.0413. The van der Waals surface area contributed by atoms with E-state index < -0.39 is 18.2 Å². The first-order valence-corrected chi connectivity index (χ1v) is 10.7. The minimum atomic E-state index is -0.795. The van der Waals surface area contributed by atoms with Crippen LogP contribution in [0.5, 0.6) is 5.75 Å². The number of rotatable bonds is 10. The average molecular weight is 415 g/mol. The summed E-state index contributed by atoms with van der Waals surface area (Å²) in [7, 11) is 0. The lowest BCUT2D eigenvalue weighted by Crippen LogP contribution is -2.16. The Morgan fingerprint density at radius 1 is 1.37 bits per heavy atom. The summed E-state index contributed by atoms with van der Waals surface area (Å²) < 4.78 is 6.28. The van der Waals surface area contributed by atoms with E-state index in [0.29, 0.717) is 32.1 Å². The first kappa shape index (κ1) is 24.0. The molecule has 1 fully saturated rings. The summed E-state index contributed by atoms with van der Waals surface area (Å²) in [5.41, 5.74) is 2.02. The highest BCUT2D eigenvalue weighted by Crippen LogP contribution is 2.34. The summed E-state index contributed by atoms with van der Waals surface area (Å²) >= 11 is 0. The quantitative estimate of drug-likeness (QED) is 0.399. The number of aliphatic carboxylic acids is 1. The zero-order chi connectivity index (χ0) is 22.1. The summed E-state index contributed by atoms with van der Waals surface area (Å²) in [5, 5.41) is 29.6. The van der Waals surface area contributed by atoms with Crippen LogP contribution in [0.15, 0.2) is 30.4 Å². The fourth-order valence-corrected chi connectivity index (χ4v) is 3.81. The third-order valence-electron chi connectivity index (χ3n) is 5.69. The van der Waals surface area contributed by atoms with Gasteiger partial charge in [0.25, 0.3) is 0 Å². The fraction of sp³-hybridized carbons (Fsp3) is 0.560. The zero-order valence-corrected chi connectivity index (χ0v) is 18.2. The molecule has 0 saturated heterocycles. The SMILES string of the molecule is CC#CC[C@H](C)[C@H](O)/C=C/[C@@H]1C[C@@H](Oc2c(C)cccc2CCCC(=O)O)C[C@H]1O. The molecule has 164 valence electrons. The minimum Gasteiger partial charge on any atom is -0.490 e. The maximum atomic E-state index is 10.8. The molecule has 1 saturated carbocycles. The Hall–Kier alpha value is -2.29. The summed E-state index contributed by atoms with van der Waals surface area (Å²) in [6, 6.07) is 5.92. The monoisotopic (exact) mass is 414 g/mol. The van der Waals surface area contributed by atoms with Crippen molar-refractivity contribution in [1.82, 2.24) is 0 Å². The standard InChI is InChI=1S/C25H34O5/c1-4-5-8-17(2)22(26)14-13-20-15-21(16-23(20)27)30-25-18(3)9-6-10-19(25)11-7-12-24(28)29/h6,9-10,13-14,17,20-23,26-27H,7-8,11-12,15-16H2,1-3H3,(H,28,29)/b14-13+/t17-,20+,21+,22+,23+/m0/s1. The van der Waals surface area contributed by atoms with Gasteiger partial charge in [-0.05, 0) is 50.2 Å². The number of carbonyl (C=O) groups is 1. The van der Waals surface area contributed by atoms with Crippen molar-refractivity contribution in [3.63, 3.8) is 0 Å². The van der Waals surface area contributed by atoms with Crippen LogP contribution in [0, 0.1) is 30.6 Å². The molecule has 1 aromatic carbocycles. The van der Waals surface area contributed by atoms with Crippen LogP contribution in [-0.2, 0) is 11.2 Å². The van der Waals surface area contributed by atoms with Gasteiger partial charge in [-0.3, -0.25) is 4.79 Å². The summed E-state index contributed by atoms with van der Waals surface area (Å²) in [5.74, 6) is 5.82. The molecule has 30 heavy (non-hydrogen) atoms. The molecule has 1 aromatic rings. The van der Waals surface area contributed by atoms with Crippen molar-refractivity contribution in [2.45, 2.75) is 77.6 Å². The lowest BCUT2D eigenvalue weighted by Gasteiger charge is -2.19. The second kappa shape index (κ2) is 11.8. The van der Waals surface area contributed by atoms with Crippen molar-refractivity contribution in [3.05, 3.63) is 41.5 Å². The number of para-hydroxylation sites is 1. The molecule has 0 aromatic heterocycles. The fourth-order valence-electron chi connectivity index (χ4n) is 3.81. The van der Waals surface area contributed by atoms with E-state index >= 15 is 0 Å². The van der Waals surface area contributed by atoms with E-state index in [0.717, 1.165) is 16.9 Å². The molecule has 5 nitrogen and oxygen atoms in total. The number of hydrogen-bond acceptors (Lipinski definition) is 4. The van der Waals surface area contributed by atoms with Gasteiger partial charge in [-0.25, -0.2) is 0 Å². The molecular formula is C25H34O5. The third kappa shape index (κ3) is 7.19. The number of carboxylic acid groups (broad SMARTS) is 1. The van der Waals surface area contributed by atoms with E-state index in [1.807, 2.05) is 38.1 Å². The van der Waals surface area contributed by atoms with Crippen LogP contribution in [0.25, 0.3) is 0 Å². The van der Waals surface area contributed by atoms with E-state index in [1.54, 1.807) is 13.0 Å². The van der Waals surface area contributed by atoms with Gasteiger partial charge in [0.2, 0.25) is 0 Å². The molecule has 2 rings (SSSR count). The van der Waals surface area contributed by atoms with Gasteiger partial charge in [-0.15, -0.1) is 11.8 Å². The molecule has 1 aliphatic rings. The molecule has 0 bridgehead atoms. The topological polar surface area (TPSA) is 87.0 Å². The van der Waals surface area contributed by atoms with Crippen molar-refractivity contribution in [2.75, 3.05) is 0 Å². The second-order valence-electron chi connectivity index (χ2n) is 8.24. The first-order chi connectivity index (χ1) is 14.3. The van der Waals surface area contributed by atoms with Crippen LogP contribution in [-0.4, -0.2) is 39.6 Å². The molecule has 0 amide bonds. The molecule has 3 N–H and O–H groups in total. The van der Waals surface area contributed by atoms with Crippen molar-refractivity contribution in [3.8, 4) is 17.6 Å². The molecular weight excluding hydrogens is 380 g/mol. The van der Waals surface area contributed by atoms with E-state index in [-0.39, 0.29) is 24.4 Å².